The van der Waals surface area contributed by atoms with E-state index in [1.807, 2.05) is 43.3 Å². The minimum atomic E-state index is 0.541. The molecule has 0 saturated carbocycles. The molecule has 0 radical (unpaired) electrons. The highest BCUT2D eigenvalue weighted by atomic mass is 16.5. The molecule has 26 heavy (non-hydrogen) atoms. The summed E-state index contributed by atoms with van der Waals surface area (Å²) >= 11 is 0. The fourth-order valence-corrected chi connectivity index (χ4v) is 3.49. The number of aromatic nitrogens is 3. The van der Waals surface area contributed by atoms with Crippen molar-refractivity contribution in [2.24, 2.45) is 0 Å². The van der Waals surface area contributed by atoms with Crippen LogP contribution in [0.5, 0.6) is 0 Å². The lowest BCUT2D eigenvalue weighted by Gasteiger charge is -2.19. The summed E-state index contributed by atoms with van der Waals surface area (Å²) in [6.45, 7) is 3.95. The molecule has 1 aliphatic rings. The van der Waals surface area contributed by atoms with Gasteiger partial charge < -0.3 is 14.7 Å². The second-order valence-corrected chi connectivity index (χ2v) is 6.76. The van der Waals surface area contributed by atoms with Gasteiger partial charge in [0.15, 0.2) is 5.76 Å². The second-order valence-electron chi connectivity index (χ2n) is 6.76. The minimum absolute atomic E-state index is 0.541. The van der Waals surface area contributed by atoms with Gasteiger partial charge in [0.2, 0.25) is 5.95 Å². The molecule has 1 aliphatic heterocycles. The molecule has 0 bridgehead atoms. The van der Waals surface area contributed by atoms with Crippen LogP contribution in [0.1, 0.15) is 18.5 Å². The quantitative estimate of drug-likeness (QED) is 0.759. The molecule has 0 amide bonds. The average molecular weight is 349 g/mol. The Morgan fingerprint density at radius 3 is 2.85 bits per heavy atom. The first kappa shape index (κ1) is 16.7. The Morgan fingerprint density at radius 1 is 1.23 bits per heavy atom. The molecule has 1 saturated heterocycles. The highest BCUT2D eigenvalue weighted by molar-refractivity contribution is 5.79. The first-order valence-electron chi connectivity index (χ1n) is 9.01. The molecule has 6 nitrogen and oxygen atoms in total. The van der Waals surface area contributed by atoms with Crippen molar-refractivity contribution in [3.05, 3.63) is 48.3 Å². The number of benzene rings is 1. The maximum Gasteiger partial charge on any atom is 0.223 e. The molecule has 1 atom stereocenters. The zero-order valence-electron chi connectivity index (χ0n) is 15.1. The molecular formula is C20H23N5O. The molecule has 0 aliphatic carbocycles. The van der Waals surface area contributed by atoms with Gasteiger partial charge in [-0.1, -0.05) is 35.5 Å². The number of likely N-dealkylation sites (N-methyl/N-ethyl adjacent to an activating group) is 1. The van der Waals surface area contributed by atoms with Crippen LogP contribution in [0.4, 0.5) is 5.95 Å². The molecule has 4 rings (SSSR count). The van der Waals surface area contributed by atoms with E-state index in [9.17, 15) is 0 Å². The van der Waals surface area contributed by atoms with Crippen LogP contribution in [0.2, 0.25) is 0 Å². The van der Waals surface area contributed by atoms with E-state index in [4.69, 9.17) is 9.51 Å². The number of nitrogens with zero attached hydrogens (tertiary/aromatic N) is 4. The SMILES string of the molecule is Cc1noc(-c2ccccc2)c1-c1ccnc(NCC2CCCN2C)n1. The number of hydrogen-bond acceptors (Lipinski definition) is 6. The maximum absolute atomic E-state index is 5.59. The first-order chi connectivity index (χ1) is 12.7. The smallest absolute Gasteiger partial charge is 0.223 e. The average Bonchev–Trinajstić information content (AvgIpc) is 3.26. The van der Waals surface area contributed by atoms with E-state index in [2.05, 4.69) is 27.4 Å². The van der Waals surface area contributed by atoms with Gasteiger partial charge in [-0.2, -0.15) is 0 Å². The van der Waals surface area contributed by atoms with Crippen LogP contribution in [0.3, 0.4) is 0 Å². The van der Waals surface area contributed by atoms with E-state index in [0.717, 1.165) is 41.4 Å². The van der Waals surface area contributed by atoms with Crippen molar-refractivity contribution < 1.29 is 4.52 Å². The Morgan fingerprint density at radius 2 is 2.08 bits per heavy atom. The van der Waals surface area contributed by atoms with Crippen molar-refractivity contribution in [1.29, 1.82) is 0 Å². The molecule has 1 N–H and O–H groups in total. The van der Waals surface area contributed by atoms with Gasteiger partial charge in [0.25, 0.3) is 0 Å². The molecule has 1 aromatic carbocycles. The number of aryl methyl sites for hydroxylation is 1. The third kappa shape index (κ3) is 3.32. The summed E-state index contributed by atoms with van der Waals surface area (Å²) in [6, 6.07) is 12.4. The van der Waals surface area contributed by atoms with Crippen LogP contribution in [0.25, 0.3) is 22.6 Å². The number of likely N-dealkylation sites (tertiary alicyclic amines) is 1. The number of hydrogen-bond donors (Lipinski definition) is 1. The summed E-state index contributed by atoms with van der Waals surface area (Å²) in [5.41, 5.74) is 3.55. The summed E-state index contributed by atoms with van der Waals surface area (Å²) in [7, 11) is 2.17. The van der Waals surface area contributed by atoms with E-state index < -0.39 is 0 Å². The van der Waals surface area contributed by atoms with Gasteiger partial charge in [-0.05, 0) is 39.4 Å². The Kier molecular flexibility index (Phi) is 4.67. The zero-order valence-corrected chi connectivity index (χ0v) is 15.1. The zero-order chi connectivity index (χ0) is 17.9. The third-order valence-electron chi connectivity index (χ3n) is 4.98. The van der Waals surface area contributed by atoms with Gasteiger partial charge >= 0.3 is 0 Å². The topological polar surface area (TPSA) is 67.1 Å². The Labute approximate surface area is 153 Å². The number of nitrogens with one attached hydrogen (secondary N) is 1. The van der Waals surface area contributed by atoms with Crippen LogP contribution in [-0.4, -0.2) is 46.2 Å². The largest absolute Gasteiger partial charge is 0.355 e. The fourth-order valence-electron chi connectivity index (χ4n) is 3.49. The maximum atomic E-state index is 5.59. The molecule has 2 aromatic heterocycles. The molecule has 134 valence electrons. The predicted octanol–water partition coefficient (Wildman–Crippen LogP) is 3.61. The van der Waals surface area contributed by atoms with Gasteiger partial charge in [-0.15, -0.1) is 0 Å². The Balaban J connectivity index is 1.60. The molecule has 3 heterocycles. The van der Waals surface area contributed by atoms with Crippen molar-refractivity contribution in [1.82, 2.24) is 20.0 Å². The highest BCUT2D eigenvalue weighted by Crippen LogP contribution is 2.33. The monoisotopic (exact) mass is 349 g/mol. The molecule has 6 heteroatoms. The second kappa shape index (κ2) is 7.25. The molecule has 0 spiro atoms. The summed E-state index contributed by atoms with van der Waals surface area (Å²) in [5.74, 6) is 1.38. The van der Waals surface area contributed by atoms with Gasteiger partial charge in [-0.3, -0.25) is 0 Å². The molecule has 3 aromatic rings. The summed E-state index contributed by atoms with van der Waals surface area (Å²) in [4.78, 5) is 11.5. The number of rotatable bonds is 5. The van der Waals surface area contributed by atoms with Crippen LogP contribution in [-0.2, 0) is 0 Å². The Bertz CT molecular complexity index is 877. The summed E-state index contributed by atoms with van der Waals surface area (Å²) in [5, 5.41) is 7.54. The lowest BCUT2D eigenvalue weighted by atomic mass is 10.0. The van der Waals surface area contributed by atoms with Gasteiger partial charge in [0, 0.05) is 24.3 Å². The lowest BCUT2D eigenvalue weighted by Crippen LogP contribution is -2.31. The minimum Gasteiger partial charge on any atom is -0.355 e. The normalized spacial score (nSPS) is 17.5. The Hall–Kier alpha value is -2.73. The third-order valence-corrected chi connectivity index (χ3v) is 4.98. The van der Waals surface area contributed by atoms with Crippen molar-refractivity contribution in [2.45, 2.75) is 25.8 Å². The van der Waals surface area contributed by atoms with E-state index in [1.54, 1.807) is 6.20 Å². The van der Waals surface area contributed by atoms with E-state index in [-0.39, 0.29) is 0 Å². The summed E-state index contributed by atoms with van der Waals surface area (Å²) in [6.07, 6.45) is 4.25. The highest BCUT2D eigenvalue weighted by Gasteiger charge is 2.21. The predicted molar refractivity (Wildman–Crippen MR) is 102 cm³/mol. The van der Waals surface area contributed by atoms with Crippen LogP contribution < -0.4 is 5.32 Å². The van der Waals surface area contributed by atoms with Gasteiger partial charge in [-0.25, -0.2) is 9.97 Å². The van der Waals surface area contributed by atoms with Gasteiger partial charge in [0.05, 0.1) is 17.0 Å². The lowest BCUT2D eigenvalue weighted by molar-refractivity contribution is 0.322. The van der Waals surface area contributed by atoms with Crippen molar-refractivity contribution in [2.75, 3.05) is 25.5 Å². The van der Waals surface area contributed by atoms with E-state index in [0.29, 0.717) is 12.0 Å². The first-order valence-corrected chi connectivity index (χ1v) is 9.01. The van der Waals surface area contributed by atoms with Crippen LogP contribution in [0.15, 0.2) is 47.1 Å². The summed E-state index contributed by atoms with van der Waals surface area (Å²) < 4.78 is 5.59. The van der Waals surface area contributed by atoms with Crippen molar-refractivity contribution >= 4 is 5.95 Å². The molecule has 1 unspecified atom stereocenters. The van der Waals surface area contributed by atoms with Crippen molar-refractivity contribution in [3.63, 3.8) is 0 Å². The number of anilines is 1. The van der Waals surface area contributed by atoms with Crippen LogP contribution in [0, 0.1) is 6.92 Å². The van der Waals surface area contributed by atoms with Crippen molar-refractivity contribution in [3.8, 4) is 22.6 Å². The van der Waals surface area contributed by atoms with E-state index >= 15 is 0 Å². The standard InChI is InChI=1S/C20H23N5O/c1-14-18(19(26-24-14)15-7-4-3-5-8-15)17-10-11-21-20(23-17)22-13-16-9-6-12-25(16)2/h3-5,7-8,10-11,16H,6,9,12-13H2,1-2H3,(H,21,22,23). The molecular weight excluding hydrogens is 326 g/mol. The molecule has 1 fully saturated rings. The van der Waals surface area contributed by atoms with Gasteiger partial charge in [0.1, 0.15) is 0 Å². The fraction of sp³-hybridized carbons (Fsp3) is 0.350. The van der Waals surface area contributed by atoms with Crippen LogP contribution >= 0.6 is 0 Å². The van der Waals surface area contributed by atoms with E-state index in [1.165, 1.54) is 12.8 Å².